The van der Waals surface area contributed by atoms with E-state index in [2.05, 4.69) is 0 Å². The Hall–Kier alpha value is -3.80. The Morgan fingerprint density at radius 3 is 2.24 bits per heavy atom. The molecule has 1 aliphatic heterocycles. The molecule has 1 aliphatic rings. The SMILES string of the molecule is Cc1ccc(S(=O)(=O)N(CCc2ccccc2)C2CC(=O)N(c3ccc(C#N)cc3)C2=O)cc1. The Bertz CT molecular complexity index is 1350. The van der Waals surface area contributed by atoms with Crippen molar-refractivity contribution in [2.24, 2.45) is 0 Å². The van der Waals surface area contributed by atoms with Crippen LogP contribution < -0.4 is 4.90 Å². The van der Waals surface area contributed by atoms with Gasteiger partial charge in [0.15, 0.2) is 0 Å². The number of sulfonamides is 1. The van der Waals surface area contributed by atoms with Crippen molar-refractivity contribution >= 4 is 27.5 Å². The van der Waals surface area contributed by atoms with E-state index in [1.807, 2.05) is 43.3 Å². The average Bonchev–Trinajstić information content (AvgIpc) is 3.13. The number of hydrogen-bond donors (Lipinski definition) is 0. The molecule has 172 valence electrons. The summed E-state index contributed by atoms with van der Waals surface area (Å²) in [4.78, 5) is 27.3. The van der Waals surface area contributed by atoms with E-state index in [0.29, 0.717) is 17.7 Å². The van der Waals surface area contributed by atoms with Crippen molar-refractivity contribution in [1.82, 2.24) is 4.31 Å². The Kier molecular flexibility index (Phi) is 6.59. The van der Waals surface area contributed by atoms with Gasteiger partial charge in [-0.05, 0) is 55.3 Å². The molecule has 0 aromatic heterocycles. The molecule has 4 rings (SSSR count). The minimum Gasteiger partial charge on any atom is -0.274 e. The van der Waals surface area contributed by atoms with E-state index in [0.717, 1.165) is 20.3 Å². The summed E-state index contributed by atoms with van der Waals surface area (Å²) in [6.45, 7) is 1.91. The lowest BCUT2D eigenvalue weighted by Gasteiger charge is -2.27. The summed E-state index contributed by atoms with van der Waals surface area (Å²) in [5, 5.41) is 9.01. The first-order valence-electron chi connectivity index (χ1n) is 10.8. The number of hydrogen-bond acceptors (Lipinski definition) is 5. The molecular weight excluding hydrogens is 450 g/mol. The average molecular weight is 474 g/mol. The zero-order valence-electron chi connectivity index (χ0n) is 18.6. The third kappa shape index (κ3) is 4.62. The Balaban J connectivity index is 1.69. The van der Waals surface area contributed by atoms with Gasteiger partial charge in [-0.2, -0.15) is 9.57 Å². The van der Waals surface area contributed by atoms with Gasteiger partial charge in [-0.3, -0.25) is 9.59 Å². The maximum Gasteiger partial charge on any atom is 0.252 e. The van der Waals surface area contributed by atoms with Crippen LogP contribution in [0.1, 0.15) is 23.1 Å². The molecule has 1 atom stereocenters. The molecule has 0 spiro atoms. The number of nitriles is 1. The lowest BCUT2D eigenvalue weighted by atomic mass is 10.1. The van der Waals surface area contributed by atoms with Gasteiger partial charge in [0.2, 0.25) is 15.9 Å². The molecule has 1 fully saturated rings. The summed E-state index contributed by atoms with van der Waals surface area (Å²) in [6.07, 6.45) is 0.138. The van der Waals surface area contributed by atoms with E-state index in [9.17, 15) is 18.0 Å². The number of imide groups is 1. The topological polar surface area (TPSA) is 98.6 Å². The number of carbonyl (C=O) groups excluding carboxylic acids is 2. The number of anilines is 1. The number of amides is 2. The van der Waals surface area contributed by atoms with Gasteiger partial charge in [-0.15, -0.1) is 0 Å². The zero-order valence-corrected chi connectivity index (χ0v) is 19.4. The molecule has 0 aliphatic carbocycles. The van der Waals surface area contributed by atoms with Crippen LogP contribution in [0.3, 0.4) is 0 Å². The third-order valence-electron chi connectivity index (χ3n) is 5.82. The highest BCUT2D eigenvalue weighted by molar-refractivity contribution is 7.89. The quantitative estimate of drug-likeness (QED) is 0.490. The molecule has 34 heavy (non-hydrogen) atoms. The molecule has 1 unspecified atom stereocenters. The number of benzene rings is 3. The second-order valence-corrected chi connectivity index (χ2v) is 10.0. The van der Waals surface area contributed by atoms with E-state index in [4.69, 9.17) is 5.26 Å². The van der Waals surface area contributed by atoms with Crippen LogP contribution in [-0.2, 0) is 26.0 Å². The highest BCUT2D eigenvalue weighted by Gasteiger charge is 2.46. The fourth-order valence-electron chi connectivity index (χ4n) is 3.97. The molecule has 8 heteroatoms. The van der Waals surface area contributed by atoms with Gasteiger partial charge in [0.1, 0.15) is 6.04 Å². The second-order valence-electron chi connectivity index (χ2n) is 8.11. The van der Waals surface area contributed by atoms with Crippen LogP contribution in [0.15, 0.2) is 83.8 Å². The molecule has 0 bridgehead atoms. The third-order valence-corrected chi connectivity index (χ3v) is 7.74. The Morgan fingerprint density at radius 1 is 0.971 bits per heavy atom. The summed E-state index contributed by atoms with van der Waals surface area (Å²) in [5.74, 6) is -1.08. The summed E-state index contributed by atoms with van der Waals surface area (Å²) in [7, 11) is -4.05. The fraction of sp³-hybridized carbons (Fsp3) is 0.192. The van der Waals surface area contributed by atoms with Crippen molar-refractivity contribution in [3.05, 3.63) is 95.6 Å². The Labute approximate surface area is 198 Å². The second kappa shape index (κ2) is 9.59. The van der Waals surface area contributed by atoms with Gasteiger partial charge in [-0.25, -0.2) is 13.3 Å². The molecule has 1 heterocycles. The lowest BCUT2D eigenvalue weighted by molar-refractivity contribution is -0.122. The van der Waals surface area contributed by atoms with Crippen LogP contribution in [0, 0.1) is 18.3 Å². The van der Waals surface area contributed by atoms with Gasteiger partial charge in [0.25, 0.3) is 5.91 Å². The van der Waals surface area contributed by atoms with E-state index >= 15 is 0 Å². The van der Waals surface area contributed by atoms with Crippen molar-refractivity contribution in [3.8, 4) is 6.07 Å². The molecule has 3 aromatic rings. The van der Waals surface area contributed by atoms with Crippen LogP contribution in [0.2, 0.25) is 0 Å². The summed E-state index contributed by atoms with van der Waals surface area (Å²) >= 11 is 0. The van der Waals surface area contributed by atoms with Gasteiger partial charge in [0, 0.05) is 6.54 Å². The number of aryl methyl sites for hydroxylation is 1. The summed E-state index contributed by atoms with van der Waals surface area (Å²) in [6, 6.07) is 22.7. The maximum absolute atomic E-state index is 13.6. The van der Waals surface area contributed by atoms with Gasteiger partial charge in [0.05, 0.1) is 28.6 Å². The summed E-state index contributed by atoms with van der Waals surface area (Å²) < 4.78 is 28.4. The predicted molar refractivity (Wildman–Crippen MR) is 127 cm³/mol. The zero-order chi connectivity index (χ0) is 24.3. The van der Waals surface area contributed by atoms with Crippen molar-refractivity contribution in [2.45, 2.75) is 30.7 Å². The van der Waals surface area contributed by atoms with Gasteiger partial charge >= 0.3 is 0 Å². The van der Waals surface area contributed by atoms with Crippen LogP contribution >= 0.6 is 0 Å². The smallest absolute Gasteiger partial charge is 0.252 e. The first-order chi connectivity index (χ1) is 16.3. The molecule has 1 saturated heterocycles. The molecule has 0 radical (unpaired) electrons. The normalized spacial score (nSPS) is 16.1. The lowest BCUT2D eigenvalue weighted by Crippen LogP contribution is -2.46. The van der Waals surface area contributed by atoms with Crippen molar-refractivity contribution in [1.29, 1.82) is 5.26 Å². The summed E-state index contributed by atoms with van der Waals surface area (Å²) in [5.41, 5.74) is 2.54. The fourth-order valence-corrected chi connectivity index (χ4v) is 5.55. The monoisotopic (exact) mass is 473 g/mol. The van der Waals surface area contributed by atoms with E-state index in [1.165, 1.54) is 36.4 Å². The molecule has 0 saturated carbocycles. The highest BCUT2D eigenvalue weighted by Crippen LogP contribution is 2.30. The minimum atomic E-state index is -4.05. The highest BCUT2D eigenvalue weighted by atomic mass is 32.2. The van der Waals surface area contributed by atoms with Gasteiger partial charge in [-0.1, -0.05) is 48.0 Å². The van der Waals surface area contributed by atoms with E-state index < -0.39 is 27.9 Å². The molecular formula is C26H23N3O4S. The number of rotatable bonds is 7. The van der Waals surface area contributed by atoms with Crippen molar-refractivity contribution < 1.29 is 18.0 Å². The molecule has 2 amide bonds. The predicted octanol–water partition coefficient (Wildman–Crippen LogP) is 3.43. The van der Waals surface area contributed by atoms with Crippen LogP contribution in [0.5, 0.6) is 0 Å². The van der Waals surface area contributed by atoms with E-state index in [-0.39, 0.29) is 17.9 Å². The van der Waals surface area contributed by atoms with Crippen LogP contribution in [0.25, 0.3) is 0 Å². The largest absolute Gasteiger partial charge is 0.274 e. The number of nitrogens with zero attached hydrogens (tertiary/aromatic N) is 3. The maximum atomic E-state index is 13.6. The van der Waals surface area contributed by atoms with Gasteiger partial charge < -0.3 is 0 Å². The van der Waals surface area contributed by atoms with Crippen molar-refractivity contribution in [3.63, 3.8) is 0 Å². The van der Waals surface area contributed by atoms with Crippen molar-refractivity contribution in [2.75, 3.05) is 11.4 Å². The molecule has 3 aromatic carbocycles. The minimum absolute atomic E-state index is 0.0467. The first kappa shape index (κ1) is 23.4. The van der Waals surface area contributed by atoms with Crippen LogP contribution in [0.4, 0.5) is 5.69 Å². The first-order valence-corrected chi connectivity index (χ1v) is 12.2. The molecule has 7 nitrogen and oxygen atoms in total. The van der Waals surface area contributed by atoms with E-state index in [1.54, 1.807) is 12.1 Å². The standard InChI is InChI=1S/C26H23N3O4S/c1-19-7-13-23(14-8-19)34(32,33)28(16-15-20-5-3-2-4-6-20)24-17-25(30)29(26(24)31)22-11-9-21(18-27)10-12-22/h2-14,24H,15-17H2,1H3. The van der Waals surface area contributed by atoms with Crippen LogP contribution in [-0.4, -0.2) is 37.1 Å². The number of carbonyl (C=O) groups is 2. The Morgan fingerprint density at radius 2 is 1.62 bits per heavy atom. The molecule has 0 N–H and O–H groups in total.